The van der Waals surface area contributed by atoms with E-state index in [1.54, 1.807) is 0 Å². The predicted octanol–water partition coefficient (Wildman–Crippen LogP) is 14.1. The number of thiophene rings is 1. The summed E-state index contributed by atoms with van der Waals surface area (Å²) in [5.74, 6) is 0. The van der Waals surface area contributed by atoms with Crippen molar-refractivity contribution in [3.05, 3.63) is 164 Å². The van der Waals surface area contributed by atoms with Gasteiger partial charge in [-0.1, -0.05) is 84.9 Å². The second-order valence-electron chi connectivity index (χ2n) is 12.9. The summed E-state index contributed by atoms with van der Waals surface area (Å²) < 4.78 is 15.2. The van der Waals surface area contributed by atoms with Gasteiger partial charge in [-0.15, -0.1) is 11.3 Å². The van der Waals surface area contributed by atoms with Gasteiger partial charge in [-0.25, -0.2) is 0 Å². The second-order valence-corrected chi connectivity index (χ2v) is 14.0. The Bertz CT molecular complexity index is 3110. The van der Waals surface area contributed by atoms with E-state index in [0.29, 0.717) is 0 Å². The molecule has 11 rings (SSSR count). The summed E-state index contributed by atoms with van der Waals surface area (Å²) in [6.45, 7) is 0. The van der Waals surface area contributed by atoms with Crippen LogP contribution in [0.3, 0.4) is 0 Å². The van der Waals surface area contributed by atoms with E-state index in [4.69, 9.17) is 8.83 Å². The number of furan rings is 2. The maximum atomic E-state index is 6.36. The summed E-state index contributed by atoms with van der Waals surface area (Å²) in [7, 11) is 0. The number of hydrogen-bond donors (Lipinski definition) is 0. The zero-order valence-electron chi connectivity index (χ0n) is 26.8. The number of anilines is 3. The Morgan fingerprint density at radius 2 is 0.980 bits per heavy atom. The lowest BCUT2D eigenvalue weighted by Crippen LogP contribution is -2.09. The van der Waals surface area contributed by atoms with E-state index in [0.717, 1.165) is 61.1 Å². The third-order valence-corrected chi connectivity index (χ3v) is 11.2. The zero-order chi connectivity index (χ0) is 32.8. The number of hydrogen-bond acceptors (Lipinski definition) is 4. The smallest absolute Gasteiger partial charge is 0.137 e. The van der Waals surface area contributed by atoms with Crippen molar-refractivity contribution in [3.8, 4) is 11.1 Å². The van der Waals surface area contributed by atoms with Crippen molar-refractivity contribution in [2.24, 2.45) is 0 Å². The van der Waals surface area contributed by atoms with Gasteiger partial charge in [-0.3, -0.25) is 0 Å². The molecule has 0 atom stereocenters. The molecule has 0 aliphatic heterocycles. The van der Waals surface area contributed by atoms with Crippen molar-refractivity contribution in [2.45, 2.75) is 0 Å². The van der Waals surface area contributed by atoms with Crippen LogP contribution in [0.4, 0.5) is 17.1 Å². The molecule has 3 nitrogen and oxygen atoms in total. The van der Waals surface area contributed by atoms with Gasteiger partial charge in [0, 0.05) is 64.8 Å². The molecule has 0 N–H and O–H groups in total. The number of rotatable bonds is 4. The van der Waals surface area contributed by atoms with Gasteiger partial charge in [-0.2, -0.15) is 0 Å². The van der Waals surface area contributed by atoms with Gasteiger partial charge in [0.05, 0.1) is 0 Å². The maximum Gasteiger partial charge on any atom is 0.137 e. The minimum atomic E-state index is 0.877. The Balaban J connectivity index is 1.06. The molecule has 234 valence electrons. The topological polar surface area (TPSA) is 29.5 Å². The van der Waals surface area contributed by atoms with Gasteiger partial charge >= 0.3 is 0 Å². The summed E-state index contributed by atoms with van der Waals surface area (Å²) in [6, 6.07) is 58.5. The van der Waals surface area contributed by atoms with Crippen LogP contribution in [0.1, 0.15) is 0 Å². The van der Waals surface area contributed by atoms with Crippen molar-refractivity contribution in [3.63, 3.8) is 0 Å². The molecule has 0 aliphatic carbocycles. The van der Waals surface area contributed by atoms with Gasteiger partial charge in [0.2, 0.25) is 0 Å². The molecular formula is C46H27NO2S. The normalized spacial score (nSPS) is 12.0. The fraction of sp³-hybridized carbons (Fsp3) is 0. The lowest BCUT2D eigenvalue weighted by molar-refractivity contribution is 0.668. The van der Waals surface area contributed by atoms with Gasteiger partial charge in [0.1, 0.15) is 22.3 Å². The van der Waals surface area contributed by atoms with Crippen LogP contribution < -0.4 is 4.90 Å². The van der Waals surface area contributed by atoms with Crippen molar-refractivity contribution < 1.29 is 8.83 Å². The van der Waals surface area contributed by atoms with E-state index >= 15 is 0 Å². The van der Waals surface area contributed by atoms with Gasteiger partial charge in [0.25, 0.3) is 0 Å². The molecule has 0 unspecified atom stereocenters. The zero-order valence-corrected chi connectivity index (χ0v) is 27.6. The Labute approximate surface area is 290 Å². The van der Waals surface area contributed by atoms with E-state index in [9.17, 15) is 0 Å². The number of nitrogens with zero attached hydrogens (tertiary/aromatic N) is 1. The van der Waals surface area contributed by atoms with Crippen LogP contribution in [0, 0.1) is 0 Å². The fourth-order valence-corrected chi connectivity index (χ4v) is 8.77. The molecule has 0 bridgehead atoms. The summed E-state index contributed by atoms with van der Waals surface area (Å²) in [6.07, 6.45) is 0. The molecular weight excluding hydrogens is 631 g/mol. The van der Waals surface area contributed by atoms with Crippen molar-refractivity contribution in [2.75, 3.05) is 4.90 Å². The van der Waals surface area contributed by atoms with E-state index in [-0.39, 0.29) is 0 Å². The molecule has 0 aliphatic rings. The molecule has 3 aromatic heterocycles. The van der Waals surface area contributed by atoms with Gasteiger partial charge in [-0.05, 0) is 94.7 Å². The van der Waals surface area contributed by atoms with Crippen LogP contribution in [0.15, 0.2) is 173 Å². The quantitative estimate of drug-likeness (QED) is 0.189. The van der Waals surface area contributed by atoms with Crippen LogP contribution in [0.25, 0.3) is 85.9 Å². The standard InChI is InChI=1S/C46H27NO2S/c1-4-10-40-34(7-1)35-22-20-33(27-43(35)49-40)47(32-21-24-45-39(26-32)36-8-3-6-12-44(36)50-45)31-18-15-28(16-19-31)30-14-13-29-17-23-42-46(38(29)25-30)37-9-2-5-11-41(37)48-42/h1-27H. The Kier molecular flexibility index (Phi) is 5.83. The minimum absolute atomic E-state index is 0.877. The molecule has 0 amide bonds. The van der Waals surface area contributed by atoms with Crippen LogP contribution in [-0.4, -0.2) is 0 Å². The lowest BCUT2D eigenvalue weighted by atomic mass is 9.98. The highest BCUT2D eigenvalue weighted by Gasteiger charge is 2.18. The monoisotopic (exact) mass is 657 g/mol. The molecule has 0 saturated heterocycles. The van der Waals surface area contributed by atoms with Crippen LogP contribution in [0.2, 0.25) is 0 Å². The van der Waals surface area contributed by atoms with Crippen LogP contribution in [0.5, 0.6) is 0 Å². The molecule has 8 aromatic carbocycles. The van der Waals surface area contributed by atoms with E-state index in [2.05, 4.69) is 144 Å². The first-order valence-electron chi connectivity index (χ1n) is 16.8. The highest BCUT2D eigenvalue weighted by molar-refractivity contribution is 7.25. The molecule has 50 heavy (non-hydrogen) atoms. The van der Waals surface area contributed by atoms with E-state index in [1.807, 2.05) is 35.6 Å². The fourth-order valence-electron chi connectivity index (χ4n) is 7.68. The van der Waals surface area contributed by atoms with E-state index in [1.165, 1.54) is 41.9 Å². The predicted molar refractivity (Wildman–Crippen MR) is 212 cm³/mol. The highest BCUT2D eigenvalue weighted by Crippen LogP contribution is 2.43. The number of para-hydroxylation sites is 2. The summed E-state index contributed by atoms with van der Waals surface area (Å²) in [4.78, 5) is 2.34. The largest absolute Gasteiger partial charge is 0.456 e. The second kappa shape index (κ2) is 10.6. The average molecular weight is 658 g/mol. The summed E-state index contributed by atoms with van der Waals surface area (Å²) in [5, 5.41) is 9.52. The summed E-state index contributed by atoms with van der Waals surface area (Å²) in [5.41, 5.74) is 9.16. The number of benzene rings is 8. The van der Waals surface area contributed by atoms with Crippen LogP contribution >= 0.6 is 11.3 Å². The average Bonchev–Trinajstić information content (AvgIpc) is 3.86. The molecule has 0 fully saturated rings. The van der Waals surface area contributed by atoms with Crippen LogP contribution in [-0.2, 0) is 0 Å². The Morgan fingerprint density at radius 1 is 0.360 bits per heavy atom. The Morgan fingerprint density at radius 3 is 1.86 bits per heavy atom. The maximum absolute atomic E-state index is 6.36. The third kappa shape index (κ3) is 4.16. The molecule has 0 radical (unpaired) electrons. The Hall–Kier alpha value is -6.36. The minimum Gasteiger partial charge on any atom is -0.456 e. The first kappa shape index (κ1) is 27.6. The third-order valence-electron chi connectivity index (χ3n) is 10.1. The number of fused-ring (bicyclic) bond motifs is 11. The molecule has 0 saturated carbocycles. The van der Waals surface area contributed by atoms with Gasteiger partial charge in [0.15, 0.2) is 0 Å². The molecule has 4 heteroatoms. The molecule has 0 spiro atoms. The van der Waals surface area contributed by atoms with Crippen molar-refractivity contribution in [1.29, 1.82) is 0 Å². The molecule has 11 aromatic rings. The van der Waals surface area contributed by atoms with Gasteiger partial charge < -0.3 is 13.7 Å². The highest BCUT2D eigenvalue weighted by atomic mass is 32.1. The van der Waals surface area contributed by atoms with E-state index < -0.39 is 0 Å². The lowest BCUT2D eigenvalue weighted by Gasteiger charge is -2.26. The van der Waals surface area contributed by atoms with Crippen molar-refractivity contribution in [1.82, 2.24) is 0 Å². The first-order chi connectivity index (χ1) is 24.7. The van der Waals surface area contributed by atoms with Crippen molar-refractivity contribution >= 4 is 103 Å². The summed E-state index contributed by atoms with van der Waals surface area (Å²) >= 11 is 1.84. The SMILES string of the molecule is c1ccc2c(c1)oc1cc(N(c3ccc(-c4ccc5ccc6oc7ccccc7c6c5c4)cc3)c3ccc4sc5ccccc5c4c3)ccc12. The molecule has 3 heterocycles. The first-order valence-corrected chi connectivity index (χ1v) is 17.6.